The quantitative estimate of drug-likeness (QED) is 0.785. The van der Waals surface area contributed by atoms with E-state index in [1.165, 1.54) is 30.2 Å². The molecule has 1 heterocycles. The summed E-state index contributed by atoms with van der Waals surface area (Å²) in [5.74, 6) is -0.714. The number of halogens is 3. The van der Waals surface area contributed by atoms with E-state index in [0.29, 0.717) is 28.7 Å². The molecule has 0 unspecified atom stereocenters. The van der Waals surface area contributed by atoms with E-state index in [0.717, 1.165) is 5.56 Å². The number of nitrogens with one attached hydrogen (secondary N) is 1. The van der Waals surface area contributed by atoms with Gasteiger partial charge in [-0.2, -0.15) is 0 Å². The van der Waals surface area contributed by atoms with Gasteiger partial charge in [-0.15, -0.1) is 0 Å². The maximum absolute atomic E-state index is 13.8. The Kier molecular flexibility index (Phi) is 5.43. The Bertz CT molecular complexity index is 847. The summed E-state index contributed by atoms with van der Waals surface area (Å²) in [4.78, 5) is 14.0. The Morgan fingerprint density at radius 2 is 2.12 bits per heavy atom. The molecule has 0 radical (unpaired) electrons. The van der Waals surface area contributed by atoms with Crippen molar-refractivity contribution in [1.82, 2.24) is 5.32 Å². The highest BCUT2D eigenvalue weighted by Gasteiger charge is 2.28. The number of carbonyl (C=O) groups excluding carboxylic acids is 1. The van der Waals surface area contributed by atoms with Gasteiger partial charge in [-0.3, -0.25) is 4.90 Å². The minimum absolute atomic E-state index is 0.283. The summed E-state index contributed by atoms with van der Waals surface area (Å²) in [6.45, 7) is -0.0323. The third-order valence-corrected chi connectivity index (χ3v) is 4.88. The molecule has 26 heavy (non-hydrogen) atoms. The van der Waals surface area contributed by atoms with Gasteiger partial charge in [0.25, 0.3) is 0 Å². The molecule has 0 aliphatic carbocycles. The van der Waals surface area contributed by atoms with Crippen molar-refractivity contribution in [3.63, 3.8) is 0 Å². The molecule has 0 saturated carbocycles. The van der Waals surface area contributed by atoms with E-state index in [-0.39, 0.29) is 5.75 Å². The van der Waals surface area contributed by atoms with Crippen molar-refractivity contribution in [2.45, 2.75) is 12.5 Å². The number of urea groups is 1. The molecular weight excluding hydrogens is 410 g/mol. The number of nitrogens with zero attached hydrogens (tertiary/aromatic N) is 1. The fraction of sp³-hybridized carbons (Fsp3) is 0.278. The first kappa shape index (κ1) is 18.6. The minimum atomic E-state index is -0.823. The van der Waals surface area contributed by atoms with Crippen molar-refractivity contribution in [1.29, 1.82) is 0 Å². The van der Waals surface area contributed by atoms with Crippen LogP contribution in [0.2, 0.25) is 0 Å². The molecule has 2 N–H and O–H groups in total. The van der Waals surface area contributed by atoms with Crippen molar-refractivity contribution in [2.24, 2.45) is 0 Å². The zero-order valence-corrected chi connectivity index (χ0v) is 15.5. The molecule has 0 fully saturated rings. The average molecular weight is 427 g/mol. The number of aliphatic hydroxyl groups is 1. The number of anilines is 1. The first-order valence-corrected chi connectivity index (χ1v) is 8.73. The molecule has 1 aliphatic heterocycles. The molecule has 1 atom stereocenters. The molecule has 2 aromatic rings. The van der Waals surface area contributed by atoms with Crippen LogP contribution in [0.15, 0.2) is 34.8 Å². The van der Waals surface area contributed by atoms with E-state index in [2.05, 4.69) is 21.2 Å². The van der Waals surface area contributed by atoms with Crippen molar-refractivity contribution in [3.8, 4) is 5.75 Å². The van der Waals surface area contributed by atoms with Gasteiger partial charge in [-0.25, -0.2) is 13.6 Å². The van der Waals surface area contributed by atoms with Crippen molar-refractivity contribution in [2.75, 3.05) is 25.2 Å². The van der Waals surface area contributed by atoms with Crippen LogP contribution in [0.25, 0.3) is 0 Å². The molecule has 138 valence electrons. The number of fused-ring (bicyclic) bond motifs is 1. The number of amides is 2. The van der Waals surface area contributed by atoms with Crippen LogP contribution in [-0.2, 0) is 6.42 Å². The third-order valence-electron chi connectivity index (χ3n) is 4.27. The first-order valence-electron chi connectivity index (χ1n) is 7.94. The van der Waals surface area contributed by atoms with Crippen LogP contribution in [0.3, 0.4) is 0 Å². The van der Waals surface area contributed by atoms with Crippen LogP contribution < -0.4 is 15.0 Å². The summed E-state index contributed by atoms with van der Waals surface area (Å²) in [5.41, 5.74) is 1.71. The number of benzene rings is 2. The van der Waals surface area contributed by atoms with Crippen LogP contribution >= 0.6 is 15.9 Å². The molecule has 3 rings (SSSR count). The smallest absolute Gasteiger partial charge is 0.322 e. The van der Waals surface area contributed by atoms with Crippen LogP contribution in [0, 0.1) is 11.6 Å². The lowest BCUT2D eigenvalue weighted by molar-refractivity contribution is 0.221. The Balaban J connectivity index is 1.82. The van der Waals surface area contributed by atoms with Crippen LogP contribution in [-0.4, -0.2) is 31.4 Å². The number of hydrogen-bond donors (Lipinski definition) is 2. The second-order valence-electron chi connectivity index (χ2n) is 5.91. The lowest BCUT2D eigenvalue weighted by Gasteiger charge is -2.23. The van der Waals surface area contributed by atoms with Crippen LogP contribution in [0.4, 0.5) is 19.3 Å². The van der Waals surface area contributed by atoms with Gasteiger partial charge in [0.15, 0.2) is 0 Å². The van der Waals surface area contributed by atoms with Crippen molar-refractivity contribution < 1.29 is 23.4 Å². The molecule has 2 amide bonds. The van der Waals surface area contributed by atoms with Gasteiger partial charge >= 0.3 is 6.03 Å². The van der Waals surface area contributed by atoms with Crippen LogP contribution in [0.5, 0.6) is 5.75 Å². The maximum Gasteiger partial charge on any atom is 0.322 e. The number of hydrogen-bond acceptors (Lipinski definition) is 3. The molecule has 0 aromatic heterocycles. The Labute approximate surface area is 157 Å². The summed E-state index contributed by atoms with van der Waals surface area (Å²) in [5, 5.41) is 12.3. The third kappa shape index (κ3) is 3.66. The number of ether oxygens (including phenoxy) is 1. The molecule has 0 saturated heterocycles. The number of aliphatic hydroxyl groups excluding tert-OH is 1. The Hall–Kier alpha value is -2.19. The van der Waals surface area contributed by atoms with Gasteiger partial charge < -0.3 is 15.2 Å². The largest absolute Gasteiger partial charge is 0.497 e. The second kappa shape index (κ2) is 7.59. The summed E-state index contributed by atoms with van der Waals surface area (Å²) < 4.78 is 32.9. The second-order valence-corrected chi connectivity index (χ2v) is 6.76. The van der Waals surface area contributed by atoms with E-state index in [4.69, 9.17) is 4.74 Å². The van der Waals surface area contributed by atoms with E-state index < -0.39 is 30.3 Å². The predicted molar refractivity (Wildman–Crippen MR) is 96.5 cm³/mol. The van der Waals surface area contributed by atoms with Gasteiger partial charge in [-0.1, -0.05) is 0 Å². The van der Waals surface area contributed by atoms with E-state index in [1.54, 1.807) is 12.1 Å². The summed E-state index contributed by atoms with van der Waals surface area (Å²) in [6, 6.07) is 5.60. The van der Waals surface area contributed by atoms with E-state index in [9.17, 15) is 18.7 Å². The summed E-state index contributed by atoms with van der Waals surface area (Å²) >= 11 is 3.13. The lowest BCUT2D eigenvalue weighted by atomic mass is 10.1. The molecule has 5 nitrogen and oxygen atoms in total. The number of rotatable bonds is 4. The van der Waals surface area contributed by atoms with E-state index >= 15 is 0 Å². The van der Waals surface area contributed by atoms with Gasteiger partial charge in [-0.05, 0) is 57.7 Å². The predicted octanol–water partition coefficient (Wildman–Crippen LogP) is 3.54. The standard InChI is InChI=1S/C18H17BrF2N2O3/c1-26-13-5-11(4-12(20)7-13)16(9-24)22-18(25)23-3-2-10-6-14(19)15(21)8-17(10)23/h4-8,16,24H,2-3,9H2,1H3,(H,22,25)/t16-/m1/s1. The molecule has 0 bridgehead atoms. The zero-order valence-electron chi connectivity index (χ0n) is 13.9. The number of methoxy groups -OCH3 is 1. The Morgan fingerprint density at radius 3 is 2.81 bits per heavy atom. The number of carbonyl (C=O) groups is 1. The lowest BCUT2D eigenvalue weighted by Crippen LogP contribution is -2.42. The first-order chi connectivity index (χ1) is 12.4. The van der Waals surface area contributed by atoms with E-state index in [1.807, 2.05) is 0 Å². The topological polar surface area (TPSA) is 61.8 Å². The molecule has 8 heteroatoms. The monoisotopic (exact) mass is 426 g/mol. The van der Waals surface area contributed by atoms with Gasteiger partial charge in [0.05, 0.1) is 29.9 Å². The fourth-order valence-electron chi connectivity index (χ4n) is 2.96. The van der Waals surface area contributed by atoms with Gasteiger partial charge in [0.1, 0.15) is 17.4 Å². The average Bonchev–Trinajstić information content (AvgIpc) is 3.01. The molecular formula is C18H17BrF2N2O3. The molecule has 0 spiro atoms. The SMILES string of the molecule is COc1cc(F)cc([C@@H](CO)NC(=O)N2CCc3cc(Br)c(F)cc32)c1. The Morgan fingerprint density at radius 1 is 1.35 bits per heavy atom. The highest BCUT2D eigenvalue weighted by atomic mass is 79.9. The van der Waals surface area contributed by atoms with Gasteiger partial charge in [0.2, 0.25) is 0 Å². The van der Waals surface area contributed by atoms with Gasteiger partial charge in [0, 0.05) is 12.6 Å². The van der Waals surface area contributed by atoms with Crippen molar-refractivity contribution in [3.05, 3.63) is 57.6 Å². The normalized spacial score (nSPS) is 14.1. The fourth-order valence-corrected chi connectivity index (χ4v) is 3.35. The van der Waals surface area contributed by atoms with Crippen LogP contribution in [0.1, 0.15) is 17.2 Å². The maximum atomic E-state index is 13.8. The van der Waals surface area contributed by atoms with Crippen molar-refractivity contribution >= 4 is 27.6 Å². The molecule has 2 aromatic carbocycles. The zero-order chi connectivity index (χ0) is 18.8. The summed E-state index contributed by atoms with van der Waals surface area (Å²) in [7, 11) is 1.40. The minimum Gasteiger partial charge on any atom is -0.497 e. The summed E-state index contributed by atoms with van der Waals surface area (Å²) in [6.07, 6.45) is 0.596. The molecule has 1 aliphatic rings. The highest BCUT2D eigenvalue weighted by Crippen LogP contribution is 2.33. The highest BCUT2D eigenvalue weighted by molar-refractivity contribution is 9.10.